The fraction of sp³-hybridized carbons (Fsp3) is 0.214. The van der Waals surface area contributed by atoms with E-state index in [1.54, 1.807) is 28.3 Å². The van der Waals surface area contributed by atoms with E-state index in [1.807, 2.05) is 0 Å². The summed E-state index contributed by atoms with van der Waals surface area (Å²) in [5.74, 6) is 2.18. The number of halogens is 3. The van der Waals surface area contributed by atoms with E-state index < -0.39 is 24.3 Å². The molecule has 2 aromatic rings. The Bertz CT molecular complexity index is 616. The van der Waals surface area contributed by atoms with E-state index >= 15 is 0 Å². The Morgan fingerprint density at radius 3 is 2.65 bits per heavy atom. The number of carbonyl (C=O) groups is 1. The van der Waals surface area contributed by atoms with Crippen LogP contribution in [0.5, 0.6) is 0 Å². The molecule has 1 nitrogen and oxygen atoms in total. The summed E-state index contributed by atoms with van der Waals surface area (Å²) in [6, 6.07) is 4.80. The molecule has 6 heteroatoms. The summed E-state index contributed by atoms with van der Waals surface area (Å²) in [6.07, 6.45) is -5.14. The van der Waals surface area contributed by atoms with Crippen molar-refractivity contribution in [1.82, 2.24) is 0 Å². The van der Waals surface area contributed by atoms with Crippen LogP contribution < -0.4 is 0 Å². The van der Waals surface area contributed by atoms with Gasteiger partial charge in [0.1, 0.15) is 5.92 Å². The second kappa shape index (κ2) is 6.25. The lowest BCUT2D eigenvalue weighted by Gasteiger charge is -2.13. The first-order chi connectivity index (χ1) is 9.47. The topological polar surface area (TPSA) is 17.1 Å². The van der Waals surface area contributed by atoms with Crippen LogP contribution in [0.4, 0.5) is 13.2 Å². The van der Waals surface area contributed by atoms with Gasteiger partial charge in [-0.05, 0) is 22.9 Å². The number of carbonyl (C=O) groups excluding carboxylic acids is 1. The Morgan fingerprint density at radius 1 is 1.30 bits per heavy atom. The van der Waals surface area contributed by atoms with E-state index in [9.17, 15) is 18.0 Å². The summed E-state index contributed by atoms with van der Waals surface area (Å²) >= 11 is 2.50. The molecule has 0 saturated heterocycles. The van der Waals surface area contributed by atoms with Gasteiger partial charge in [0.05, 0.1) is 4.88 Å². The standard InChI is InChI=1S/C14H9F3OS2/c15-14(16,17)11(4-3-10-5-7-19-9-10)8-12(18)13-2-1-6-20-13/h1-2,5-7,9,11H,8H2/t11-/m1/s1. The second-order valence-corrected chi connectivity index (χ2v) is 5.71. The van der Waals surface area contributed by atoms with Crippen molar-refractivity contribution in [3.8, 4) is 11.8 Å². The monoisotopic (exact) mass is 314 g/mol. The number of alkyl halides is 3. The van der Waals surface area contributed by atoms with E-state index in [0.29, 0.717) is 10.4 Å². The molecule has 0 saturated carbocycles. The quantitative estimate of drug-likeness (QED) is 0.597. The molecule has 2 heterocycles. The average Bonchev–Trinajstić information content (AvgIpc) is 3.04. The SMILES string of the molecule is O=C(C[C@@H](C#Cc1ccsc1)C(F)(F)F)c1cccs1. The fourth-order valence-corrected chi connectivity index (χ4v) is 2.74. The van der Waals surface area contributed by atoms with Crippen LogP contribution in [0.15, 0.2) is 34.3 Å². The molecule has 0 amide bonds. The third-order valence-electron chi connectivity index (χ3n) is 2.49. The van der Waals surface area contributed by atoms with Crippen molar-refractivity contribution in [2.45, 2.75) is 12.6 Å². The van der Waals surface area contributed by atoms with Gasteiger partial charge >= 0.3 is 6.18 Å². The number of thiophene rings is 2. The number of ketones is 1. The predicted molar refractivity (Wildman–Crippen MR) is 74.0 cm³/mol. The highest BCUT2D eigenvalue weighted by atomic mass is 32.1. The van der Waals surface area contributed by atoms with Gasteiger partial charge in [-0.25, -0.2) is 0 Å². The maximum atomic E-state index is 12.9. The molecule has 104 valence electrons. The molecule has 0 spiro atoms. The second-order valence-electron chi connectivity index (χ2n) is 3.98. The van der Waals surface area contributed by atoms with E-state index in [0.717, 1.165) is 11.3 Å². The molecule has 0 radical (unpaired) electrons. The van der Waals surface area contributed by atoms with Gasteiger partial charge in [0.2, 0.25) is 0 Å². The first-order valence-corrected chi connectivity index (χ1v) is 7.46. The van der Waals surface area contributed by atoms with Crippen LogP contribution in [-0.2, 0) is 0 Å². The number of hydrogen-bond acceptors (Lipinski definition) is 3. The Hall–Kier alpha value is -1.58. The van der Waals surface area contributed by atoms with Crippen LogP contribution in [-0.4, -0.2) is 12.0 Å². The average molecular weight is 314 g/mol. The van der Waals surface area contributed by atoms with Crippen molar-refractivity contribution >= 4 is 28.5 Å². The lowest BCUT2D eigenvalue weighted by Crippen LogP contribution is -2.24. The van der Waals surface area contributed by atoms with Gasteiger partial charge in [0.15, 0.2) is 5.78 Å². The van der Waals surface area contributed by atoms with Crippen molar-refractivity contribution < 1.29 is 18.0 Å². The van der Waals surface area contributed by atoms with Crippen LogP contribution in [0.25, 0.3) is 0 Å². The molecule has 20 heavy (non-hydrogen) atoms. The largest absolute Gasteiger partial charge is 0.402 e. The third kappa shape index (κ3) is 3.95. The first-order valence-electron chi connectivity index (χ1n) is 5.64. The van der Waals surface area contributed by atoms with Crippen molar-refractivity contribution in [2.75, 3.05) is 0 Å². The minimum atomic E-state index is -4.50. The summed E-state index contributed by atoms with van der Waals surface area (Å²) in [5.41, 5.74) is 0.535. The molecular formula is C14H9F3OS2. The van der Waals surface area contributed by atoms with Crippen LogP contribution >= 0.6 is 22.7 Å². The molecule has 0 aromatic carbocycles. The molecule has 1 atom stereocenters. The Kier molecular flexibility index (Phi) is 4.63. The van der Waals surface area contributed by atoms with Crippen LogP contribution in [0.2, 0.25) is 0 Å². The predicted octanol–water partition coefficient (Wildman–Crippen LogP) is 4.61. The van der Waals surface area contributed by atoms with Gasteiger partial charge in [0.25, 0.3) is 0 Å². The fourth-order valence-electron chi connectivity index (χ4n) is 1.48. The molecular weight excluding hydrogens is 305 g/mol. The van der Waals surface area contributed by atoms with Gasteiger partial charge in [-0.2, -0.15) is 24.5 Å². The minimum absolute atomic E-state index is 0.330. The zero-order valence-corrected chi connectivity index (χ0v) is 11.7. The minimum Gasteiger partial charge on any atom is -0.293 e. The van der Waals surface area contributed by atoms with E-state index in [1.165, 1.54) is 17.4 Å². The molecule has 0 fully saturated rings. The molecule has 0 unspecified atom stereocenters. The summed E-state index contributed by atoms with van der Waals surface area (Å²) in [6.45, 7) is 0. The molecule has 0 aliphatic rings. The summed E-state index contributed by atoms with van der Waals surface area (Å²) < 4.78 is 38.7. The molecule has 2 aromatic heterocycles. The molecule has 2 rings (SSSR count). The lowest BCUT2D eigenvalue weighted by atomic mass is 10.0. The van der Waals surface area contributed by atoms with E-state index in [4.69, 9.17) is 0 Å². The van der Waals surface area contributed by atoms with Crippen LogP contribution in [0, 0.1) is 17.8 Å². The third-order valence-corrected chi connectivity index (χ3v) is 4.09. The summed E-state index contributed by atoms with van der Waals surface area (Å²) in [4.78, 5) is 12.1. The molecule has 0 aliphatic carbocycles. The normalized spacial score (nSPS) is 12.6. The van der Waals surface area contributed by atoms with Gasteiger partial charge in [-0.15, -0.1) is 11.3 Å². The van der Waals surface area contributed by atoms with Gasteiger partial charge in [-0.1, -0.05) is 17.9 Å². The maximum Gasteiger partial charge on any atom is 0.402 e. The van der Waals surface area contributed by atoms with E-state index in [-0.39, 0.29) is 0 Å². The highest BCUT2D eigenvalue weighted by molar-refractivity contribution is 7.12. The highest BCUT2D eigenvalue weighted by Gasteiger charge is 2.40. The Morgan fingerprint density at radius 2 is 2.10 bits per heavy atom. The molecule has 0 aliphatic heterocycles. The zero-order chi connectivity index (χ0) is 14.6. The number of rotatable bonds is 3. The summed E-state index contributed by atoms with van der Waals surface area (Å²) in [7, 11) is 0. The van der Waals surface area contributed by atoms with Gasteiger partial charge < -0.3 is 0 Å². The highest BCUT2D eigenvalue weighted by Crippen LogP contribution is 2.30. The van der Waals surface area contributed by atoms with Crippen molar-refractivity contribution in [3.63, 3.8) is 0 Å². The smallest absolute Gasteiger partial charge is 0.293 e. The Labute approximate surface area is 122 Å². The Balaban J connectivity index is 2.15. The van der Waals surface area contributed by atoms with Crippen molar-refractivity contribution in [1.29, 1.82) is 0 Å². The summed E-state index contributed by atoms with van der Waals surface area (Å²) in [5, 5.41) is 5.07. The van der Waals surface area contributed by atoms with Crippen molar-refractivity contribution in [3.05, 3.63) is 44.8 Å². The first kappa shape index (κ1) is 14.8. The number of Topliss-reactive ketones (excluding diaryl/α,β-unsaturated/α-hetero) is 1. The zero-order valence-electron chi connectivity index (χ0n) is 10.1. The maximum absolute atomic E-state index is 12.9. The lowest BCUT2D eigenvalue weighted by molar-refractivity contribution is -0.157. The molecule has 0 bridgehead atoms. The van der Waals surface area contributed by atoms with Gasteiger partial charge in [-0.3, -0.25) is 4.79 Å². The van der Waals surface area contributed by atoms with Gasteiger partial charge in [0, 0.05) is 17.4 Å². The van der Waals surface area contributed by atoms with Crippen LogP contribution in [0.1, 0.15) is 21.7 Å². The van der Waals surface area contributed by atoms with Crippen LogP contribution in [0.3, 0.4) is 0 Å². The van der Waals surface area contributed by atoms with E-state index in [2.05, 4.69) is 11.8 Å². The number of hydrogen-bond donors (Lipinski definition) is 0. The van der Waals surface area contributed by atoms with Crippen molar-refractivity contribution in [2.24, 2.45) is 5.92 Å². The molecule has 0 N–H and O–H groups in total.